The molecule has 2 aromatic rings. The van der Waals surface area contributed by atoms with Gasteiger partial charge in [0.15, 0.2) is 0 Å². The number of nitrogens with zero attached hydrogens (tertiary/aromatic N) is 2. The highest BCUT2D eigenvalue weighted by molar-refractivity contribution is 5.92. The Labute approximate surface area is 147 Å². The molecule has 0 aliphatic heterocycles. The summed E-state index contributed by atoms with van der Waals surface area (Å²) in [6.07, 6.45) is 3.19. The largest absolute Gasteiger partial charge is 0.369 e. The van der Waals surface area contributed by atoms with Gasteiger partial charge in [0.2, 0.25) is 11.8 Å². The summed E-state index contributed by atoms with van der Waals surface area (Å²) in [7, 11) is 0. The van der Waals surface area contributed by atoms with Crippen LogP contribution in [0.25, 0.3) is 11.8 Å². The molecule has 0 saturated heterocycles. The van der Waals surface area contributed by atoms with Crippen molar-refractivity contribution in [1.29, 1.82) is 0 Å². The van der Waals surface area contributed by atoms with Gasteiger partial charge in [-0.2, -0.15) is 5.10 Å². The molecule has 132 valence electrons. The van der Waals surface area contributed by atoms with Gasteiger partial charge in [0.05, 0.1) is 16.8 Å². The SMILES string of the molecule is Cc1nn(-c2ccccc2)c(C)c1/C=C/C(=O)NCC(C)(C)C(N)=O. The Kier molecular flexibility index (Phi) is 5.41. The van der Waals surface area contributed by atoms with Crippen LogP contribution in [0.1, 0.15) is 30.8 Å². The number of nitrogens with one attached hydrogen (secondary N) is 1. The van der Waals surface area contributed by atoms with E-state index in [9.17, 15) is 9.59 Å². The van der Waals surface area contributed by atoms with Gasteiger partial charge in [0.25, 0.3) is 0 Å². The van der Waals surface area contributed by atoms with Gasteiger partial charge in [0.1, 0.15) is 0 Å². The lowest BCUT2D eigenvalue weighted by molar-refractivity contribution is -0.126. The molecule has 0 saturated carbocycles. The van der Waals surface area contributed by atoms with Crippen LogP contribution in [-0.4, -0.2) is 28.1 Å². The standard InChI is InChI=1S/C19H24N4O2/c1-13-16(10-11-17(24)21-12-19(3,4)18(20)25)14(2)23(22-13)15-8-6-5-7-9-15/h5-11H,12H2,1-4H3,(H2,20,25)(H,21,24)/b11-10+. The van der Waals surface area contributed by atoms with Crippen LogP contribution >= 0.6 is 0 Å². The van der Waals surface area contributed by atoms with Gasteiger partial charge in [-0.3, -0.25) is 9.59 Å². The van der Waals surface area contributed by atoms with Gasteiger partial charge < -0.3 is 11.1 Å². The highest BCUT2D eigenvalue weighted by Crippen LogP contribution is 2.19. The maximum Gasteiger partial charge on any atom is 0.244 e. The summed E-state index contributed by atoms with van der Waals surface area (Å²) in [5, 5.41) is 7.24. The molecule has 0 spiro atoms. The molecular formula is C19H24N4O2. The normalized spacial score (nSPS) is 11.7. The second kappa shape index (κ2) is 7.34. The van der Waals surface area contributed by atoms with E-state index >= 15 is 0 Å². The Morgan fingerprint density at radius 1 is 1.24 bits per heavy atom. The molecular weight excluding hydrogens is 316 g/mol. The third kappa shape index (κ3) is 4.35. The van der Waals surface area contributed by atoms with Crippen LogP contribution in [0.15, 0.2) is 36.4 Å². The maximum atomic E-state index is 12.0. The first-order valence-corrected chi connectivity index (χ1v) is 8.10. The van der Waals surface area contributed by atoms with Crippen LogP contribution in [0.3, 0.4) is 0 Å². The van der Waals surface area contributed by atoms with E-state index in [4.69, 9.17) is 5.73 Å². The molecule has 0 atom stereocenters. The molecule has 0 aliphatic carbocycles. The Bertz CT molecular complexity index is 804. The first-order chi connectivity index (χ1) is 11.7. The average Bonchev–Trinajstić information content (AvgIpc) is 2.86. The van der Waals surface area contributed by atoms with Crippen molar-refractivity contribution in [1.82, 2.24) is 15.1 Å². The number of para-hydroxylation sites is 1. The lowest BCUT2D eigenvalue weighted by Gasteiger charge is -2.20. The predicted molar refractivity (Wildman–Crippen MR) is 98.1 cm³/mol. The number of nitrogens with two attached hydrogens (primary N) is 1. The zero-order valence-corrected chi connectivity index (χ0v) is 15.0. The first-order valence-electron chi connectivity index (χ1n) is 8.10. The first kappa shape index (κ1) is 18.4. The Morgan fingerprint density at radius 3 is 2.48 bits per heavy atom. The van der Waals surface area contributed by atoms with Crippen molar-refractivity contribution in [2.24, 2.45) is 11.1 Å². The summed E-state index contributed by atoms with van der Waals surface area (Å²) in [5.74, 6) is -0.729. The summed E-state index contributed by atoms with van der Waals surface area (Å²) in [4.78, 5) is 23.3. The van der Waals surface area contributed by atoms with Gasteiger partial charge in [-0.15, -0.1) is 0 Å². The third-order valence-electron chi connectivity index (χ3n) is 4.12. The van der Waals surface area contributed by atoms with E-state index < -0.39 is 11.3 Å². The van der Waals surface area contributed by atoms with E-state index in [1.165, 1.54) is 6.08 Å². The fourth-order valence-electron chi connectivity index (χ4n) is 2.33. The molecule has 2 amide bonds. The van der Waals surface area contributed by atoms with Gasteiger partial charge >= 0.3 is 0 Å². The highest BCUT2D eigenvalue weighted by Gasteiger charge is 2.25. The van der Waals surface area contributed by atoms with E-state index in [0.717, 1.165) is 22.6 Å². The summed E-state index contributed by atoms with van der Waals surface area (Å²) < 4.78 is 1.85. The molecule has 0 radical (unpaired) electrons. The molecule has 0 fully saturated rings. The van der Waals surface area contributed by atoms with Crippen molar-refractivity contribution in [2.45, 2.75) is 27.7 Å². The van der Waals surface area contributed by atoms with Gasteiger partial charge in [-0.1, -0.05) is 18.2 Å². The summed E-state index contributed by atoms with van der Waals surface area (Å²) in [5.41, 5.74) is 8.17. The molecule has 3 N–H and O–H groups in total. The molecule has 25 heavy (non-hydrogen) atoms. The Balaban J connectivity index is 2.13. The fourth-order valence-corrected chi connectivity index (χ4v) is 2.33. The van der Waals surface area contributed by atoms with Crippen LogP contribution < -0.4 is 11.1 Å². The third-order valence-corrected chi connectivity index (χ3v) is 4.12. The maximum absolute atomic E-state index is 12.0. The number of hydrogen-bond acceptors (Lipinski definition) is 3. The summed E-state index contributed by atoms with van der Waals surface area (Å²) in [6, 6.07) is 9.81. The van der Waals surface area contributed by atoms with E-state index in [2.05, 4.69) is 10.4 Å². The molecule has 6 heteroatoms. The smallest absolute Gasteiger partial charge is 0.244 e. The minimum absolute atomic E-state index is 0.187. The van der Waals surface area contributed by atoms with E-state index in [1.54, 1.807) is 19.9 Å². The van der Waals surface area contributed by atoms with Crippen molar-refractivity contribution in [2.75, 3.05) is 6.54 Å². The monoisotopic (exact) mass is 340 g/mol. The molecule has 6 nitrogen and oxygen atoms in total. The zero-order valence-electron chi connectivity index (χ0n) is 15.0. The lowest BCUT2D eigenvalue weighted by atomic mass is 9.93. The minimum Gasteiger partial charge on any atom is -0.369 e. The predicted octanol–water partition coefficient (Wildman–Crippen LogP) is 2.13. The van der Waals surface area contributed by atoms with Crippen molar-refractivity contribution in [3.8, 4) is 5.69 Å². The van der Waals surface area contributed by atoms with E-state index in [0.29, 0.717) is 0 Å². The van der Waals surface area contributed by atoms with Gasteiger partial charge in [-0.05, 0) is 45.9 Å². The number of aryl methyl sites for hydroxylation is 1. The number of aromatic nitrogens is 2. The molecule has 0 unspecified atom stereocenters. The number of rotatable bonds is 6. The van der Waals surface area contributed by atoms with Crippen LogP contribution in [0.5, 0.6) is 0 Å². The average molecular weight is 340 g/mol. The van der Waals surface area contributed by atoms with Gasteiger partial charge in [0, 0.05) is 23.9 Å². The Morgan fingerprint density at radius 2 is 1.88 bits per heavy atom. The number of benzene rings is 1. The van der Waals surface area contributed by atoms with Crippen molar-refractivity contribution in [3.63, 3.8) is 0 Å². The molecule has 2 rings (SSSR count). The second-order valence-corrected chi connectivity index (χ2v) is 6.63. The van der Waals surface area contributed by atoms with Crippen molar-refractivity contribution in [3.05, 3.63) is 53.4 Å². The summed E-state index contributed by atoms with van der Waals surface area (Å²) >= 11 is 0. The highest BCUT2D eigenvalue weighted by atomic mass is 16.2. The van der Waals surface area contributed by atoms with E-state index in [-0.39, 0.29) is 12.5 Å². The molecule has 1 aromatic carbocycles. The molecule has 1 aromatic heterocycles. The Hall–Kier alpha value is -2.89. The van der Waals surface area contributed by atoms with Crippen LogP contribution in [0.4, 0.5) is 0 Å². The number of hydrogen-bond donors (Lipinski definition) is 2. The number of carbonyl (C=O) groups is 2. The topological polar surface area (TPSA) is 90.0 Å². The van der Waals surface area contributed by atoms with Gasteiger partial charge in [-0.25, -0.2) is 4.68 Å². The number of amides is 2. The number of carbonyl (C=O) groups excluding carboxylic acids is 2. The molecule has 1 heterocycles. The van der Waals surface area contributed by atoms with Crippen LogP contribution in [0.2, 0.25) is 0 Å². The van der Waals surface area contributed by atoms with Crippen LogP contribution in [0, 0.1) is 19.3 Å². The molecule has 0 bridgehead atoms. The van der Waals surface area contributed by atoms with Crippen molar-refractivity contribution >= 4 is 17.9 Å². The lowest BCUT2D eigenvalue weighted by Crippen LogP contribution is -2.41. The zero-order chi connectivity index (χ0) is 18.6. The van der Waals surface area contributed by atoms with Crippen molar-refractivity contribution < 1.29 is 9.59 Å². The quantitative estimate of drug-likeness (QED) is 0.789. The van der Waals surface area contributed by atoms with E-state index in [1.807, 2.05) is 48.9 Å². The summed E-state index contributed by atoms with van der Waals surface area (Å²) in [6.45, 7) is 7.43. The fraction of sp³-hybridized carbons (Fsp3) is 0.316. The minimum atomic E-state index is -0.784. The van der Waals surface area contributed by atoms with Crippen LogP contribution in [-0.2, 0) is 9.59 Å². The second-order valence-electron chi connectivity index (χ2n) is 6.63. The number of primary amides is 1. The molecule has 0 aliphatic rings.